The van der Waals surface area contributed by atoms with Crippen LogP contribution in [-0.4, -0.2) is 71.2 Å². The van der Waals surface area contributed by atoms with Gasteiger partial charge in [-0.3, -0.25) is 28.5 Å². The molecule has 294 valence electrons. The lowest BCUT2D eigenvalue weighted by Crippen LogP contribution is -2.49. The number of hydrogen-bond acceptors (Lipinski definition) is 9. The van der Waals surface area contributed by atoms with Gasteiger partial charge in [0.2, 0.25) is 5.91 Å². The highest BCUT2D eigenvalue weighted by atomic mass is 16.2. The Hall–Kier alpha value is -5.98. The first-order valence-corrected chi connectivity index (χ1v) is 20.7. The Morgan fingerprint density at radius 3 is 2.07 bits per heavy atom. The number of carbonyl (C=O) groups excluding carboxylic acids is 1. The lowest BCUT2D eigenvalue weighted by atomic mass is 9.92. The van der Waals surface area contributed by atoms with Gasteiger partial charge in [0.1, 0.15) is 17.1 Å². The first-order chi connectivity index (χ1) is 28.4. The summed E-state index contributed by atoms with van der Waals surface area (Å²) < 4.78 is 4.33. The Balaban J connectivity index is 1.00. The van der Waals surface area contributed by atoms with E-state index in [2.05, 4.69) is 93.0 Å². The van der Waals surface area contributed by atoms with Gasteiger partial charge in [-0.15, -0.1) is 0 Å². The Bertz CT molecular complexity index is 2630. The highest BCUT2D eigenvalue weighted by Crippen LogP contribution is 2.39. The summed E-state index contributed by atoms with van der Waals surface area (Å²) in [6.07, 6.45) is 16.2. The standard InChI is InChI=1S/C46H49N11O/c1-29-10-8-19-47-43(29)34-13-6-12-33(50-34)38-27-57-40(52-38)24-32(25-41(57)55-23-22-54(3)42(58)28-55)31-17-18-37(49-26-31)46-45(53-39-16-4-5-21-56(39)46)36-15-7-14-35(51-36)44-30(2)11-9-20-48-44/h4-5,8-11,16-21,24-27,33-36,50-51H,6-7,12-15,22-23,28H2,1-3H3/t33-,34+,35+,36-/m1/s1. The number of hydrogen-bond donors (Lipinski definition) is 2. The molecule has 7 aromatic heterocycles. The summed E-state index contributed by atoms with van der Waals surface area (Å²) in [5, 5.41) is 7.80. The number of nitrogens with one attached hydrogen (secondary N) is 2. The second kappa shape index (κ2) is 15.1. The van der Waals surface area contributed by atoms with Crippen LogP contribution >= 0.6 is 0 Å². The second-order valence-electron chi connectivity index (χ2n) is 16.3. The molecule has 10 heterocycles. The van der Waals surface area contributed by atoms with Gasteiger partial charge in [-0.2, -0.15) is 0 Å². The fourth-order valence-corrected chi connectivity index (χ4v) is 9.31. The van der Waals surface area contributed by atoms with E-state index in [9.17, 15) is 4.79 Å². The summed E-state index contributed by atoms with van der Waals surface area (Å²) in [7, 11) is 1.88. The number of anilines is 1. The molecule has 0 spiro atoms. The number of carbonyl (C=O) groups is 1. The van der Waals surface area contributed by atoms with Crippen LogP contribution in [0.5, 0.6) is 0 Å². The number of aryl methyl sites for hydroxylation is 2. The molecule has 3 fully saturated rings. The van der Waals surface area contributed by atoms with Crippen molar-refractivity contribution in [2.45, 2.75) is 76.5 Å². The third-order valence-corrected chi connectivity index (χ3v) is 12.5. The fourth-order valence-electron chi connectivity index (χ4n) is 9.31. The number of likely N-dealkylation sites (N-methyl/N-ethyl adjacent to an activating group) is 1. The quantitative estimate of drug-likeness (QED) is 0.170. The zero-order chi connectivity index (χ0) is 39.3. The number of pyridine rings is 5. The van der Waals surface area contributed by atoms with Crippen LogP contribution in [0, 0.1) is 13.8 Å². The summed E-state index contributed by atoms with van der Waals surface area (Å²) in [5.74, 6) is 1.06. The van der Waals surface area contributed by atoms with E-state index in [4.69, 9.17) is 24.9 Å². The third-order valence-electron chi connectivity index (χ3n) is 12.5. The molecule has 7 aromatic rings. The first-order valence-electron chi connectivity index (χ1n) is 20.7. The van der Waals surface area contributed by atoms with Gasteiger partial charge in [0.05, 0.1) is 64.9 Å². The summed E-state index contributed by atoms with van der Waals surface area (Å²) in [6, 6.07) is 23.5. The minimum absolute atomic E-state index is 0.0596. The van der Waals surface area contributed by atoms with Crippen molar-refractivity contribution in [3.63, 3.8) is 0 Å². The summed E-state index contributed by atoms with van der Waals surface area (Å²) >= 11 is 0. The van der Waals surface area contributed by atoms with Crippen LogP contribution < -0.4 is 15.5 Å². The van der Waals surface area contributed by atoms with Gasteiger partial charge in [-0.25, -0.2) is 9.97 Å². The predicted molar refractivity (Wildman–Crippen MR) is 225 cm³/mol. The normalized spacial score (nSPS) is 21.6. The largest absolute Gasteiger partial charge is 0.347 e. The van der Waals surface area contributed by atoms with Gasteiger partial charge in [-0.1, -0.05) is 24.3 Å². The number of piperidine rings is 2. The average Bonchev–Trinajstić information content (AvgIpc) is 3.88. The van der Waals surface area contributed by atoms with Crippen molar-refractivity contribution < 1.29 is 4.79 Å². The summed E-state index contributed by atoms with van der Waals surface area (Å²) in [5.41, 5.74) is 12.2. The Morgan fingerprint density at radius 1 is 0.672 bits per heavy atom. The molecule has 12 heteroatoms. The molecule has 2 N–H and O–H groups in total. The molecule has 0 aromatic carbocycles. The predicted octanol–water partition coefficient (Wildman–Crippen LogP) is 7.51. The van der Waals surface area contributed by atoms with E-state index in [0.29, 0.717) is 13.1 Å². The molecule has 10 rings (SSSR count). The van der Waals surface area contributed by atoms with Gasteiger partial charge in [0.15, 0.2) is 0 Å². The van der Waals surface area contributed by atoms with E-state index in [1.165, 1.54) is 11.1 Å². The first kappa shape index (κ1) is 36.4. The molecule has 3 aliphatic rings. The van der Waals surface area contributed by atoms with Gasteiger partial charge < -0.3 is 20.4 Å². The van der Waals surface area contributed by atoms with Crippen molar-refractivity contribution in [1.82, 2.24) is 49.3 Å². The number of nitrogens with zero attached hydrogens (tertiary/aromatic N) is 9. The molecule has 0 radical (unpaired) electrons. The maximum Gasteiger partial charge on any atom is 0.241 e. The Morgan fingerprint density at radius 2 is 1.38 bits per heavy atom. The van der Waals surface area contributed by atoms with Crippen molar-refractivity contribution in [2.75, 3.05) is 31.6 Å². The van der Waals surface area contributed by atoms with Crippen molar-refractivity contribution in [3.8, 4) is 22.5 Å². The van der Waals surface area contributed by atoms with Gasteiger partial charge in [0, 0.05) is 56.7 Å². The van der Waals surface area contributed by atoms with Crippen LogP contribution in [-0.2, 0) is 4.79 Å². The third kappa shape index (κ3) is 6.69. The van der Waals surface area contributed by atoms with E-state index in [0.717, 1.165) is 107 Å². The molecule has 0 bridgehead atoms. The highest BCUT2D eigenvalue weighted by Gasteiger charge is 2.31. The highest BCUT2D eigenvalue weighted by molar-refractivity contribution is 5.83. The zero-order valence-electron chi connectivity index (χ0n) is 33.3. The number of aromatic nitrogens is 7. The Labute approximate surface area is 338 Å². The van der Waals surface area contributed by atoms with Crippen molar-refractivity contribution in [1.29, 1.82) is 0 Å². The van der Waals surface area contributed by atoms with E-state index >= 15 is 0 Å². The molecule has 0 aliphatic carbocycles. The molecule has 3 aliphatic heterocycles. The summed E-state index contributed by atoms with van der Waals surface area (Å²) in [6.45, 7) is 5.99. The van der Waals surface area contributed by atoms with Crippen molar-refractivity contribution in [3.05, 3.63) is 132 Å². The molecule has 3 saturated heterocycles. The molecular weight excluding hydrogens is 723 g/mol. The molecule has 0 saturated carbocycles. The van der Waals surface area contributed by atoms with Gasteiger partial charge in [0.25, 0.3) is 0 Å². The maximum atomic E-state index is 13.0. The number of amides is 1. The van der Waals surface area contributed by atoms with Crippen LogP contribution in [0.15, 0.2) is 97.7 Å². The van der Waals surface area contributed by atoms with E-state index in [1.807, 2.05) is 54.8 Å². The molecule has 12 nitrogen and oxygen atoms in total. The second-order valence-corrected chi connectivity index (χ2v) is 16.3. The van der Waals surface area contributed by atoms with Gasteiger partial charge >= 0.3 is 0 Å². The fraction of sp³-hybridized carbons (Fsp3) is 0.348. The van der Waals surface area contributed by atoms with E-state index in [-0.39, 0.29) is 30.1 Å². The lowest BCUT2D eigenvalue weighted by Gasteiger charge is -2.34. The Kier molecular flexibility index (Phi) is 9.45. The maximum absolute atomic E-state index is 13.0. The van der Waals surface area contributed by atoms with Crippen LogP contribution in [0.2, 0.25) is 0 Å². The number of fused-ring (bicyclic) bond motifs is 2. The van der Waals surface area contributed by atoms with Crippen molar-refractivity contribution >= 4 is 23.0 Å². The number of imidazole rings is 2. The molecule has 0 unspecified atom stereocenters. The number of rotatable bonds is 7. The van der Waals surface area contributed by atoms with Gasteiger partial charge in [-0.05, 0) is 112 Å². The zero-order valence-corrected chi connectivity index (χ0v) is 33.3. The molecule has 58 heavy (non-hydrogen) atoms. The smallest absolute Gasteiger partial charge is 0.241 e. The van der Waals surface area contributed by atoms with Crippen LogP contribution in [0.4, 0.5) is 5.82 Å². The van der Waals surface area contributed by atoms with Crippen LogP contribution in [0.3, 0.4) is 0 Å². The molecule has 1 amide bonds. The minimum Gasteiger partial charge on any atom is -0.347 e. The van der Waals surface area contributed by atoms with E-state index < -0.39 is 0 Å². The lowest BCUT2D eigenvalue weighted by molar-refractivity contribution is -0.129. The minimum atomic E-state index is 0.0596. The van der Waals surface area contributed by atoms with Crippen LogP contribution in [0.25, 0.3) is 33.8 Å². The average molecular weight is 772 g/mol. The van der Waals surface area contributed by atoms with Crippen LogP contribution in [0.1, 0.15) is 96.6 Å². The topological polar surface area (TPSA) is 121 Å². The number of piperazine rings is 1. The monoisotopic (exact) mass is 771 g/mol. The van der Waals surface area contributed by atoms with Crippen molar-refractivity contribution in [2.24, 2.45) is 0 Å². The molecular formula is C46H49N11O. The SMILES string of the molecule is Cc1cccnc1[C@@H]1CCC[C@H](c2cn3c(N4CCN(C)C(=O)C4)cc(-c4ccc(-c5c([C@H]6CCC[C@@H](c7ncccc7C)N6)nc6ccccn56)nc4)cc3n2)N1. The van der Waals surface area contributed by atoms with E-state index in [1.54, 1.807) is 0 Å². The molecule has 4 atom stereocenters. The summed E-state index contributed by atoms with van der Waals surface area (Å²) in [4.78, 5) is 42.1.